The molecule has 0 aliphatic carbocycles. The van der Waals surface area contributed by atoms with Crippen LogP contribution in [-0.4, -0.2) is 27.2 Å². The molecule has 0 saturated heterocycles. The SMILES string of the molecule is CCC.CCOC=O.Cc1cccc2c(N(C)C)cccc12. The molecule has 0 unspecified atom stereocenters. The van der Waals surface area contributed by atoms with Crippen molar-refractivity contribution in [1.82, 2.24) is 0 Å². The van der Waals surface area contributed by atoms with E-state index in [2.05, 4.69) is 80.9 Å². The Hall–Kier alpha value is -2.03. The Morgan fingerprint density at radius 2 is 1.55 bits per heavy atom. The number of hydrogen-bond acceptors (Lipinski definition) is 3. The first-order valence-electron chi connectivity index (χ1n) is 7.74. The average molecular weight is 303 g/mol. The van der Waals surface area contributed by atoms with E-state index in [9.17, 15) is 4.79 Å². The van der Waals surface area contributed by atoms with Gasteiger partial charge >= 0.3 is 0 Å². The topological polar surface area (TPSA) is 29.5 Å². The summed E-state index contributed by atoms with van der Waals surface area (Å²) < 4.78 is 4.15. The zero-order chi connectivity index (χ0) is 17.0. The van der Waals surface area contributed by atoms with Crippen LogP contribution in [0.2, 0.25) is 0 Å². The van der Waals surface area contributed by atoms with Crippen LogP contribution in [0.5, 0.6) is 0 Å². The molecule has 0 atom stereocenters. The lowest BCUT2D eigenvalue weighted by Crippen LogP contribution is -2.08. The summed E-state index contributed by atoms with van der Waals surface area (Å²) in [7, 11) is 4.16. The lowest BCUT2D eigenvalue weighted by atomic mass is 10.0. The van der Waals surface area contributed by atoms with E-state index in [1.54, 1.807) is 6.92 Å². The van der Waals surface area contributed by atoms with Gasteiger partial charge in [-0.05, 0) is 30.9 Å². The van der Waals surface area contributed by atoms with E-state index >= 15 is 0 Å². The monoisotopic (exact) mass is 303 g/mol. The fourth-order valence-electron chi connectivity index (χ4n) is 1.91. The minimum absolute atomic E-state index is 0.431. The van der Waals surface area contributed by atoms with E-state index in [1.165, 1.54) is 28.4 Å². The summed E-state index contributed by atoms with van der Waals surface area (Å²) in [5.41, 5.74) is 2.62. The molecule has 2 rings (SSSR count). The minimum atomic E-state index is 0.431. The molecule has 22 heavy (non-hydrogen) atoms. The van der Waals surface area contributed by atoms with Gasteiger partial charge in [-0.1, -0.05) is 50.6 Å². The molecule has 3 heteroatoms. The van der Waals surface area contributed by atoms with Crippen molar-refractivity contribution in [2.75, 3.05) is 25.6 Å². The smallest absolute Gasteiger partial charge is 0.293 e. The molecule has 0 aliphatic heterocycles. The van der Waals surface area contributed by atoms with Gasteiger partial charge < -0.3 is 9.64 Å². The van der Waals surface area contributed by atoms with E-state index in [0.29, 0.717) is 13.1 Å². The van der Waals surface area contributed by atoms with Crippen molar-refractivity contribution in [2.45, 2.75) is 34.1 Å². The summed E-state index contributed by atoms with van der Waals surface area (Å²) in [6.07, 6.45) is 1.25. The fourth-order valence-corrected chi connectivity index (χ4v) is 1.91. The van der Waals surface area contributed by atoms with Gasteiger partial charge in [-0.25, -0.2) is 0 Å². The number of hydrogen-bond donors (Lipinski definition) is 0. The van der Waals surface area contributed by atoms with E-state index in [0.717, 1.165) is 0 Å². The zero-order valence-corrected chi connectivity index (χ0v) is 14.7. The summed E-state index contributed by atoms with van der Waals surface area (Å²) >= 11 is 0. The lowest BCUT2D eigenvalue weighted by molar-refractivity contribution is -0.128. The number of aryl methyl sites for hydroxylation is 1. The standard InChI is InChI=1S/C13H15N.C3H6O2.C3H8/c1-10-6-4-8-12-11(10)7-5-9-13(12)14(2)3;1-2-5-3-4;1-3-2/h4-9H,1-3H3;3H,2H2,1H3;3H2,1-2H3. The zero-order valence-electron chi connectivity index (χ0n) is 14.7. The van der Waals surface area contributed by atoms with Gasteiger partial charge in [0.2, 0.25) is 0 Å². The molecule has 0 radical (unpaired) electrons. The van der Waals surface area contributed by atoms with Gasteiger partial charge in [-0.15, -0.1) is 0 Å². The van der Waals surface area contributed by atoms with Gasteiger partial charge in [0.15, 0.2) is 0 Å². The highest BCUT2D eigenvalue weighted by Crippen LogP contribution is 2.27. The Balaban J connectivity index is 0.000000465. The highest BCUT2D eigenvalue weighted by Gasteiger charge is 2.02. The molecule has 0 saturated carbocycles. The van der Waals surface area contributed by atoms with Gasteiger partial charge in [0.05, 0.1) is 6.61 Å². The third kappa shape index (κ3) is 6.61. The molecular formula is C19H29NO2. The van der Waals surface area contributed by atoms with E-state index in [-0.39, 0.29) is 0 Å². The van der Waals surface area contributed by atoms with Crippen LogP contribution in [0.25, 0.3) is 10.8 Å². The molecule has 0 amide bonds. The van der Waals surface area contributed by atoms with Crippen molar-refractivity contribution in [1.29, 1.82) is 0 Å². The van der Waals surface area contributed by atoms with Crippen molar-refractivity contribution in [2.24, 2.45) is 0 Å². The average Bonchev–Trinajstić information content (AvgIpc) is 2.49. The van der Waals surface area contributed by atoms with Crippen LogP contribution in [0, 0.1) is 6.92 Å². The highest BCUT2D eigenvalue weighted by atomic mass is 16.5. The normalized spacial score (nSPS) is 9.00. The second-order valence-corrected chi connectivity index (χ2v) is 5.10. The highest BCUT2D eigenvalue weighted by molar-refractivity contribution is 5.96. The Bertz CT molecular complexity index is 550. The maximum Gasteiger partial charge on any atom is 0.293 e. The van der Waals surface area contributed by atoms with E-state index in [4.69, 9.17) is 0 Å². The molecule has 0 heterocycles. The Morgan fingerprint density at radius 3 is 2.00 bits per heavy atom. The number of ether oxygens (including phenoxy) is 1. The molecule has 2 aromatic carbocycles. The summed E-state index contributed by atoms with van der Waals surface area (Å²) in [6, 6.07) is 12.9. The predicted molar refractivity (Wildman–Crippen MR) is 96.7 cm³/mol. The number of carbonyl (C=O) groups is 1. The van der Waals surface area contributed by atoms with Crippen molar-refractivity contribution < 1.29 is 9.53 Å². The quantitative estimate of drug-likeness (QED) is 0.762. The molecule has 3 nitrogen and oxygen atoms in total. The van der Waals surface area contributed by atoms with Crippen LogP contribution in [0.15, 0.2) is 36.4 Å². The second-order valence-electron chi connectivity index (χ2n) is 5.10. The molecule has 0 bridgehead atoms. The van der Waals surface area contributed by atoms with Crippen molar-refractivity contribution in [3.05, 3.63) is 42.0 Å². The third-order valence-corrected chi connectivity index (χ3v) is 2.83. The number of nitrogens with zero attached hydrogens (tertiary/aromatic N) is 1. The number of carbonyl (C=O) groups excluding carboxylic acids is 1. The molecule has 0 aromatic heterocycles. The summed E-state index contributed by atoms with van der Waals surface area (Å²) in [5, 5.41) is 2.68. The van der Waals surface area contributed by atoms with Gasteiger partial charge in [-0.3, -0.25) is 4.79 Å². The van der Waals surface area contributed by atoms with E-state index in [1.807, 2.05) is 0 Å². The molecule has 2 aromatic rings. The fraction of sp³-hybridized carbons (Fsp3) is 0.421. The molecular weight excluding hydrogens is 274 g/mol. The minimum Gasteiger partial charge on any atom is -0.468 e. The number of fused-ring (bicyclic) bond motifs is 1. The lowest BCUT2D eigenvalue weighted by Gasteiger charge is -2.15. The first-order valence-corrected chi connectivity index (χ1v) is 7.74. The summed E-state index contributed by atoms with van der Waals surface area (Å²) in [6.45, 7) is 9.07. The van der Waals surface area contributed by atoms with Gasteiger partial charge in [0.25, 0.3) is 6.47 Å². The number of anilines is 1. The van der Waals surface area contributed by atoms with Gasteiger partial charge in [0, 0.05) is 25.2 Å². The van der Waals surface area contributed by atoms with Crippen molar-refractivity contribution >= 4 is 22.9 Å². The maximum absolute atomic E-state index is 9.18. The molecule has 0 spiro atoms. The summed E-state index contributed by atoms with van der Waals surface area (Å²) in [5.74, 6) is 0. The first-order chi connectivity index (χ1) is 10.5. The number of benzene rings is 2. The van der Waals surface area contributed by atoms with Crippen LogP contribution >= 0.6 is 0 Å². The van der Waals surface area contributed by atoms with Crippen LogP contribution in [0.4, 0.5) is 5.69 Å². The number of rotatable bonds is 3. The first kappa shape index (κ1) is 20.0. The maximum atomic E-state index is 9.18. The third-order valence-electron chi connectivity index (χ3n) is 2.83. The Labute approximate surface area is 134 Å². The Kier molecular flexibility index (Phi) is 10.5. The van der Waals surface area contributed by atoms with Gasteiger partial charge in [0.1, 0.15) is 0 Å². The van der Waals surface area contributed by atoms with Gasteiger partial charge in [-0.2, -0.15) is 0 Å². The Morgan fingerprint density at radius 1 is 1.00 bits per heavy atom. The van der Waals surface area contributed by atoms with Crippen LogP contribution in [0.1, 0.15) is 32.8 Å². The molecule has 0 aliphatic rings. The van der Waals surface area contributed by atoms with Crippen molar-refractivity contribution in [3.63, 3.8) is 0 Å². The second kappa shape index (κ2) is 11.6. The molecule has 0 fully saturated rings. The molecule has 0 N–H and O–H groups in total. The largest absolute Gasteiger partial charge is 0.468 e. The van der Waals surface area contributed by atoms with Crippen LogP contribution < -0.4 is 4.90 Å². The van der Waals surface area contributed by atoms with Crippen molar-refractivity contribution in [3.8, 4) is 0 Å². The predicted octanol–water partition coefficient (Wildman–Crippen LogP) is 4.81. The van der Waals surface area contributed by atoms with Crippen LogP contribution in [0.3, 0.4) is 0 Å². The van der Waals surface area contributed by atoms with Crippen LogP contribution in [-0.2, 0) is 9.53 Å². The molecule has 122 valence electrons. The summed E-state index contributed by atoms with van der Waals surface area (Å²) in [4.78, 5) is 11.3. The van der Waals surface area contributed by atoms with E-state index < -0.39 is 0 Å².